The summed E-state index contributed by atoms with van der Waals surface area (Å²) in [6.45, 7) is 2.31. The van der Waals surface area contributed by atoms with Crippen molar-refractivity contribution < 1.29 is 37.1 Å². The molecule has 2 atom stereocenters. The van der Waals surface area contributed by atoms with E-state index >= 15 is 0 Å². The van der Waals surface area contributed by atoms with Crippen molar-refractivity contribution in [3.8, 4) is 11.5 Å². The summed E-state index contributed by atoms with van der Waals surface area (Å²) in [7, 11) is -1.34. The Hall–Kier alpha value is -3.44. The van der Waals surface area contributed by atoms with Gasteiger partial charge in [0.25, 0.3) is 0 Å². The van der Waals surface area contributed by atoms with Gasteiger partial charge in [-0.3, -0.25) is 19.2 Å². The number of methoxy groups -OCH3 is 2. The number of hydrogen-bond donors (Lipinski definition) is 1. The predicted molar refractivity (Wildman–Crippen MR) is 146 cm³/mol. The number of Topliss-reactive ketones (excluding diaryl/α,β-unsaturated/α-hetero) is 2. The molecule has 3 aliphatic heterocycles. The monoisotopic (exact) mass is 590 g/mol. The molecule has 40 heavy (non-hydrogen) atoms. The number of nitrogens with zero attached hydrogens (tertiary/aromatic N) is 1. The molecule has 214 valence electrons. The highest BCUT2D eigenvalue weighted by molar-refractivity contribution is 7.94. The van der Waals surface area contributed by atoms with Gasteiger partial charge in [0.15, 0.2) is 5.78 Å². The zero-order valence-corrected chi connectivity index (χ0v) is 24.1. The third-order valence-corrected chi connectivity index (χ3v) is 9.99. The van der Waals surface area contributed by atoms with Gasteiger partial charge < -0.3 is 19.7 Å². The molecule has 1 N–H and O–H groups in total. The predicted octanol–water partition coefficient (Wildman–Crippen LogP) is 2.67. The van der Waals surface area contributed by atoms with Crippen LogP contribution < -0.4 is 14.8 Å². The summed E-state index contributed by atoms with van der Waals surface area (Å²) in [6.07, 6.45) is 1.15. The Morgan fingerprint density at radius 1 is 1.00 bits per heavy atom. The van der Waals surface area contributed by atoms with Gasteiger partial charge in [-0.05, 0) is 54.8 Å². The molecule has 10 nitrogen and oxygen atoms in total. The molecule has 3 heterocycles. The van der Waals surface area contributed by atoms with Gasteiger partial charge in [-0.1, -0.05) is 17.7 Å². The average Bonchev–Trinajstić information content (AvgIpc) is 3.01. The highest BCUT2D eigenvalue weighted by atomic mass is 35.5. The average molecular weight is 591 g/mol. The summed E-state index contributed by atoms with van der Waals surface area (Å²) in [5, 5.41) is 3.09. The lowest BCUT2D eigenvalue weighted by molar-refractivity contribution is -0.150. The molecule has 5 rings (SSSR count). The van der Waals surface area contributed by atoms with Crippen molar-refractivity contribution in [2.75, 3.05) is 27.3 Å². The lowest BCUT2D eigenvalue weighted by atomic mass is 9.92. The van der Waals surface area contributed by atoms with Crippen LogP contribution in [0.2, 0.25) is 5.02 Å². The number of rotatable bonds is 6. The topological polar surface area (TPSA) is 136 Å². The Morgan fingerprint density at radius 2 is 1.70 bits per heavy atom. The number of sulfone groups is 1. The fraction of sp³-hybridized carbons (Fsp3) is 0.429. The molecule has 0 saturated carbocycles. The fourth-order valence-electron chi connectivity index (χ4n) is 5.28. The lowest BCUT2D eigenvalue weighted by Crippen LogP contribution is -2.67. The van der Waals surface area contributed by atoms with Crippen molar-refractivity contribution in [1.82, 2.24) is 10.2 Å². The van der Waals surface area contributed by atoms with Gasteiger partial charge in [-0.15, -0.1) is 0 Å². The molecule has 2 aromatic rings. The molecular weight excluding hydrogens is 560 g/mol. The minimum absolute atomic E-state index is 0.000787. The first-order chi connectivity index (χ1) is 18.9. The number of halogens is 1. The van der Waals surface area contributed by atoms with Crippen LogP contribution in [0.3, 0.4) is 0 Å². The smallest absolute Gasteiger partial charge is 0.228 e. The number of carbonyl (C=O) groups excluding carboxylic acids is 4. The van der Waals surface area contributed by atoms with Gasteiger partial charge in [0.1, 0.15) is 22.2 Å². The number of hydrogen-bond acceptors (Lipinski definition) is 8. The van der Waals surface area contributed by atoms with E-state index in [4.69, 9.17) is 21.1 Å². The second-order valence-corrected chi connectivity index (χ2v) is 12.5. The summed E-state index contributed by atoms with van der Waals surface area (Å²) >= 11 is 6.10. The third-order valence-electron chi connectivity index (χ3n) is 7.41. The highest BCUT2D eigenvalue weighted by Gasteiger charge is 2.71. The normalized spacial score (nSPS) is 22.4. The van der Waals surface area contributed by atoms with Crippen molar-refractivity contribution in [2.45, 2.75) is 48.8 Å². The van der Waals surface area contributed by atoms with Crippen molar-refractivity contribution in [2.24, 2.45) is 5.92 Å². The van der Waals surface area contributed by atoms with E-state index in [1.165, 1.54) is 25.2 Å². The van der Waals surface area contributed by atoms with Crippen LogP contribution in [-0.2, 0) is 35.4 Å². The highest BCUT2D eigenvalue weighted by Crippen LogP contribution is 2.50. The number of ether oxygens (including phenoxy) is 2. The Balaban J connectivity index is 0.000000350. The molecular formula is C28H31ClN2O8S. The van der Waals surface area contributed by atoms with E-state index in [0.717, 1.165) is 0 Å². The summed E-state index contributed by atoms with van der Waals surface area (Å²) < 4.78 is 38.1. The van der Waals surface area contributed by atoms with E-state index in [1.54, 1.807) is 37.3 Å². The maximum absolute atomic E-state index is 13.7. The number of amides is 2. The van der Waals surface area contributed by atoms with Gasteiger partial charge >= 0.3 is 0 Å². The maximum atomic E-state index is 13.7. The fourth-order valence-corrected chi connectivity index (χ4v) is 7.81. The van der Waals surface area contributed by atoms with Crippen LogP contribution in [-0.4, -0.2) is 68.9 Å². The molecule has 2 amide bonds. The van der Waals surface area contributed by atoms with Crippen LogP contribution >= 0.6 is 11.6 Å². The van der Waals surface area contributed by atoms with Crippen molar-refractivity contribution in [3.63, 3.8) is 0 Å². The van der Waals surface area contributed by atoms with Crippen LogP contribution in [0.15, 0.2) is 41.3 Å². The van der Waals surface area contributed by atoms with Gasteiger partial charge in [0.05, 0.1) is 20.6 Å². The minimum atomic E-state index is -4.22. The quantitative estimate of drug-likeness (QED) is 0.507. The molecule has 0 bridgehead atoms. The Bertz CT molecular complexity index is 1460. The number of nitrogens with one attached hydrogen (secondary N) is 1. The van der Waals surface area contributed by atoms with E-state index in [1.807, 2.05) is 0 Å². The first-order valence-corrected chi connectivity index (χ1v) is 14.7. The summed E-state index contributed by atoms with van der Waals surface area (Å²) in [6, 6.07) is 9.82. The minimum Gasteiger partial charge on any atom is -0.496 e. The van der Waals surface area contributed by atoms with Gasteiger partial charge in [0.2, 0.25) is 26.5 Å². The number of fused-ring (bicyclic) bond motifs is 1. The first-order valence-electron chi connectivity index (χ1n) is 12.8. The number of carbonyl (C=O) groups is 4. The molecule has 0 aromatic heterocycles. The molecule has 3 aliphatic rings. The standard InChI is InChI=1S/C22H22ClNO6S.C6H9NO2/c1-13-4-6-18(30-3)19(8-13)31(27,28)22-11-20(25)24(22)12-15(21(22)26)9-14-10-16(23)5-7-17(14)29-2;8-5-1-2-6(9)7-4-3-5/h4-8,10,15H,9,11-12H2,1-3H3;1-4H2,(H,7,9). The molecule has 2 aromatic carbocycles. The van der Waals surface area contributed by atoms with Crippen LogP contribution in [0, 0.1) is 12.8 Å². The lowest BCUT2D eigenvalue weighted by Gasteiger charge is -2.44. The summed E-state index contributed by atoms with van der Waals surface area (Å²) in [4.78, 5) is 46.3. The van der Waals surface area contributed by atoms with E-state index in [-0.39, 0.29) is 47.6 Å². The third kappa shape index (κ3) is 5.32. The second kappa shape index (κ2) is 11.6. The number of β-lactam (4-membered cyclic amide) rings is 1. The molecule has 12 heteroatoms. The second-order valence-electron chi connectivity index (χ2n) is 9.98. The van der Waals surface area contributed by atoms with Crippen LogP contribution in [0.1, 0.15) is 36.8 Å². The zero-order valence-electron chi connectivity index (χ0n) is 22.5. The molecule has 3 saturated heterocycles. The Morgan fingerprint density at radius 3 is 2.38 bits per heavy atom. The maximum Gasteiger partial charge on any atom is 0.228 e. The molecule has 0 aliphatic carbocycles. The summed E-state index contributed by atoms with van der Waals surface area (Å²) in [5.41, 5.74) is 1.39. The summed E-state index contributed by atoms with van der Waals surface area (Å²) in [5.74, 6) is -0.651. The van der Waals surface area contributed by atoms with E-state index in [9.17, 15) is 27.6 Å². The molecule has 2 unspecified atom stereocenters. The SMILES string of the molecule is COc1ccc(Cl)cc1CC1CN2C(=O)CC2(S(=O)(=O)c2cc(C)ccc2OC)C1=O.O=C1CCNC(=O)CC1. The van der Waals surface area contributed by atoms with Gasteiger partial charge in [-0.2, -0.15) is 0 Å². The van der Waals surface area contributed by atoms with Crippen molar-refractivity contribution in [1.29, 1.82) is 0 Å². The van der Waals surface area contributed by atoms with Crippen molar-refractivity contribution >= 4 is 44.8 Å². The largest absolute Gasteiger partial charge is 0.496 e. The van der Waals surface area contributed by atoms with Gasteiger partial charge in [0, 0.05) is 43.3 Å². The Kier molecular flexibility index (Phi) is 8.55. The number of benzene rings is 2. The zero-order chi connectivity index (χ0) is 29.2. The number of ketones is 2. The van der Waals surface area contributed by atoms with E-state index in [0.29, 0.717) is 47.7 Å². The molecule has 3 fully saturated rings. The first kappa shape index (κ1) is 29.5. The van der Waals surface area contributed by atoms with Crippen LogP contribution in [0.25, 0.3) is 0 Å². The van der Waals surface area contributed by atoms with Crippen LogP contribution in [0.5, 0.6) is 11.5 Å². The molecule has 0 radical (unpaired) electrons. The van der Waals surface area contributed by atoms with E-state index < -0.39 is 26.4 Å². The van der Waals surface area contributed by atoms with Crippen LogP contribution in [0.4, 0.5) is 0 Å². The van der Waals surface area contributed by atoms with Crippen molar-refractivity contribution in [3.05, 3.63) is 52.5 Å². The molecule has 0 spiro atoms. The Labute approximate surface area is 237 Å². The van der Waals surface area contributed by atoms with Gasteiger partial charge in [-0.25, -0.2) is 8.42 Å². The number of aryl methyl sites for hydroxylation is 1. The van der Waals surface area contributed by atoms with E-state index in [2.05, 4.69) is 5.32 Å².